The van der Waals surface area contributed by atoms with Crippen molar-refractivity contribution >= 4 is 40.7 Å². The molecule has 0 aliphatic heterocycles. The largest absolute Gasteiger partial charge is 0.444 e. The van der Waals surface area contributed by atoms with Crippen LogP contribution in [-0.2, 0) is 35.5 Å². The van der Waals surface area contributed by atoms with E-state index in [1.165, 1.54) is 27.6 Å². The molecule has 16 heteroatoms. The number of nitrogens with one attached hydrogen (secondary N) is 4. The third kappa shape index (κ3) is 15.4. The predicted octanol–water partition coefficient (Wildman–Crippen LogP) is 6.82. The Labute approximate surface area is 322 Å². The van der Waals surface area contributed by atoms with Crippen LogP contribution in [0, 0.1) is 0 Å². The highest BCUT2D eigenvalue weighted by Gasteiger charge is 2.29. The molecule has 3 atom stereocenters. The van der Waals surface area contributed by atoms with Crippen molar-refractivity contribution < 1.29 is 32.3 Å². The quantitative estimate of drug-likeness (QED) is 0.0722. The van der Waals surface area contributed by atoms with Gasteiger partial charge >= 0.3 is 18.3 Å². The van der Waals surface area contributed by atoms with Crippen LogP contribution in [0.2, 0.25) is 0 Å². The van der Waals surface area contributed by atoms with Crippen molar-refractivity contribution in [2.75, 3.05) is 20.1 Å². The molecule has 11 nitrogen and oxygen atoms in total. The molecular weight excluding hydrogens is 740 g/mol. The number of urea groups is 1. The van der Waals surface area contributed by atoms with Crippen molar-refractivity contribution in [2.45, 2.75) is 89.3 Å². The molecule has 0 spiro atoms. The highest BCUT2D eigenvalue weighted by molar-refractivity contribution is 7.09. The number of alkyl halides is 3. The first-order chi connectivity index (χ1) is 25.8. The number of carbonyl (C=O) groups is 3. The van der Waals surface area contributed by atoms with Gasteiger partial charge in [0.25, 0.3) is 0 Å². The van der Waals surface area contributed by atoms with Gasteiger partial charge in [0, 0.05) is 36.6 Å². The van der Waals surface area contributed by atoms with E-state index in [2.05, 4.69) is 31.2 Å². The minimum Gasteiger partial charge on any atom is -0.444 e. The first-order valence-corrected chi connectivity index (χ1v) is 19.5. The maximum Gasteiger partial charge on any atom is 0.407 e. The second-order valence-corrected chi connectivity index (χ2v) is 15.2. The first kappa shape index (κ1) is 42.2. The number of amides is 4. The fourth-order valence-electron chi connectivity index (χ4n) is 5.59. The molecule has 0 aliphatic carbocycles. The molecule has 2 heterocycles. The van der Waals surface area contributed by atoms with Crippen molar-refractivity contribution in [2.24, 2.45) is 0 Å². The Kier molecular flexibility index (Phi) is 16.7. The first-order valence-electron chi connectivity index (χ1n) is 17.8. The molecule has 54 heavy (non-hydrogen) atoms. The zero-order chi connectivity index (χ0) is 38.9. The van der Waals surface area contributed by atoms with Crippen LogP contribution >= 0.6 is 22.7 Å². The Morgan fingerprint density at radius 3 is 2.06 bits per heavy atom. The highest BCUT2D eigenvalue weighted by Crippen LogP contribution is 2.20. The maximum absolute atomic E-state index is 13.9. The molecule has 0 saturated carbocycles. The lowest BCUT2D eigenvalue weighted by molar-refractivity contribution is -0.125. The third-order valence-corrected chi connectivity index (χ3v) is 10.3. The summed E-state index contributed by atoms with van der Waals surface area (Å²) in [4.78, 5) is 51.0. The van der Waals surface area contributed by atoms with Crippen LogP contribution in [0.3, 0.4) is 0 Å². The summed E-state index contributed by atoms with van der Waals surface area (Å²) in [6.07, 6.45) is -1.61. The molecule has 0 unspecified atom stereocenters. The highest BCUT2D eigenvalue weighted by atomic mass is 32.1. The fraction of sp³-hybridized carbons (Fsp3) is 0.447. The SMILES string of the molecule is CC(C)c1nc(CN(C)C(=O)N[C@@H](CCNCC(F)(F)F)C(=O)N[C@H](CC[C@H](Cc2ccccc2)NC(=O)OCc2cncs2)Cc2ccccc2)cs1. The van der Waals surface area contributed by atoms with Gasteiger partial charge in [0.1, 0.15) is 12.6 Å². The number of benzene rings is 2. The van der Waals surface area contributed by atoms with E-state index in [-0.39, 0.29) is 38.1 Å². The van der Waals surface area contributed by atoms with E-state index >= 15 is 0 Å². The monoisotopic (exact) mass is 787 g/mol. The number of hydrogen-bond donors (Lipinski definition) is 4. The van der Waals surface area contributed by atoms with Crippen molar-refractivity contribution in [3.05, 3.63) is 104 Å². The number of aromatic nitrogens is 2. The number of ether oxygens (including phenoxy) is 1. The molecule has 0 radical (unpaired) electrons. The number of thiazole rings is 2. The molecule has 4 aromatic rings. The Hall–Kier alpha value is -4.54. The number of carbonyl (C=O) groups excluding carboxylic acids is 3. The van der Waals surface area contributed by atoms with Gasteiger partial charge in [0.15, 0.2) is 0 Å². The Bertz CT molecular complexity index is 1710. The second kappa shape index (κ2) is 21.4. The van der Waals surface area contributed by atoms with Crippen LogP contribution in [0.15, 0.2) is 77.8 Å². The van der Waals surface area contributed by atoms with Gasteiger partial charge in [-0.05, 0) is 49.8 Å². The van der Waals surface area contributed by atoms with Crippen LogP contribution in [0.4, 0.5) is 22.8 Å². The summed E-state index contributed by atoms with van der Waals surface area (Å²) >= 11 is 2.88. The van der Waals surface area contributed by atoms with E-state index in [9.17, 15) is 27.6 Å². The average molecular weight is 788 g/mol. The number of alkyl carbamates (subject to hydrolysis) is 1. The van der Waals surface area contributed by atoms with E-state index in [0.717, 1.165) is 21.0 Å². The normalized spacial score (nSPS) is 13.2. The standard InChI is InChI=1S/C38H48F3N7O4S2/c1-26(2)35-45-31(23-53-35)21-48(3)36(50)47-33(16-17-42-24-38(39,40)41)34(49)44-29(18-27-10-6-4-7-11-27)14-15-30(19-28-12-8-5-9-13-28)46-37(51)52-22-32-20-43-25-54-32/h4-13,20,23,25-26,29-30,33,42H,14-19,21-22,24H2,1-3H3,(H,44,49)(H,46,51)(H,47,50)/t29-,30-,33+/m1/s1. The van der Waals surface area contributed by atoms with Gasteiger partial charge in [0.2, 0.25) is 5.91 Å². The topological polar surface area (TPSA) is 138 Å². The average Bonchev–Trinajstić information content (AvgIpc) is 3.84. The van der Waals surface area contributed by atoms with Crippen molar-refractivity contribution in [3.8, 4) is 0 Å². The smallest absolute Gasteiger partial charge is 0.407 e. The van der Waals surface area contributed by atoms with Gasteiger partial charge in [-0.1, -0.05) is 74.5 Å². The third-order valence-electron chi connectivity index (χ3n) is 8.37. The molecule has 292 valence electrons. The molecule has 2 aromatic heterocycles. The summed E-state index contributed by atoms with van der Waals surface area (Å²) in [5, 5.41) is 13.9. The second-order valence-electron chi connectivity index (χ2n) is 13.3. The Morgan fingerprint density at radius 2 is 1.50 bits per heavy atom. The summed E-state index contributed by atoms with van der Waals surface area (Å²) in [5.74, 6) is -0.296. The van der Waals surface area contributed by atoms with Gasteiger partial charge in [-0.15, -0.1) is 22.7 Å². The van der Waals surface area contributed by atoms with Gasteiger partial charge in [-0.25, -0.2) is 14.6 Å². The molecule has 2 aromatic carbocycles. The number of hydrogen-bond acceptors (Lipinski definition) is 9. The fourth-order valence-corrected chi connectivity index (χ4v) is 6.92. The molecule has 4 N–H and O–H groups in total. The molecule has 0 saturated heterocycles. The Balaban J connectivity index is 1.47. The molecule has 4 rings (SSSR count). The lowest BCUT2D eigenvalue weighted by atomic mass is 9.95. The maximum atomic E-state index is 13.9. The zero-order valence-corrected chi connectivity index (χ0v) is 32.2. The lowest BCUT2D eigenvalue weighted by Crippen LogP contribution is -2.53. The molecule has 4 amide bonds. The minimum atomic E-state index is -4.43. The van der Waals surface area contributed by atoms with E-state index in [1.54, 1.807) is 18.8 Å². The Morgan fingerprint density at radius 1 is 0.870 bits per heavy atom. The summed E-state index contributed by atoms with van der Waals surface area (Å²) in [7, 11) is 1.57. The van der Waals surface area contributed by atoms with Gasteiger partial charge in [0.05, 0.1) is 34.2 Å². The summed E-state index contributed by atoms with van der Waals surface area (Å²) in [6.45, 7) is 2.94. The molecule has 0 aliphatic rings. The summed E-state index contributed by atoms with van der Waals surface area (Å²) in [6, 6.07) is 16.7. The van der Waals surface area contributed by atoms with E-state index in [4.69, 9.17) is 4.74 Å². The zero-order valence-electron chi connectivity index (χ0n) is 30.6. The van der Waals surface area contributed by atoms with E-state index < -0.39 is 42.8 Å². The van der Waals surface area contributed by atoms with E-state index in [1.807, 2.05) is 79.9 Å². The summed E-state index contributed by atoms with van der Waals surface area (Å²) in [5.41, 5.74) is 4.32. The van der Waals surface area contributed by atoms with Gasteiger partial charge in [-0.3, -0.25) is 9.78 Å². The lowest BCUT2D eigenvalue weighted by Gasteiger charge is -2.27. The van der Waals surface area contributed by atoms with E-state index in [0.29, 0.717) is 31.4 Å². The van der Waals surface area contributed by atoms with Crippen LogP contribution < -0.4 is 21.3 Å². The van der Waals surface area contributed by atoms with Gasteiger partial charge < -0.3 is 30.9 Å². The minimum absolute atomic E-state index is 0.0858. The van der Waals surface area contributed by atoms with Crippen molar-refractivity contribution in [1.82, 2.24) is 36.1 Å². The molecule has 0 bridgehead atoms. The van der Waals surface area contributed by atoms with Crippen LogP contribution in [0.25, 0.3) is 0 Å². The van der Waals surface area contributed by atoms with Gasteiger partial charge in [-0.2, -0.15) is 13.2 Å². The van der Waals surface area contributed by atoms with Crippen LogP contribution in [0.1, 0.15) is 65.7 Å². The summed E-state index contributed by atoms with van der Waals surface area (Å²) < 4.78 is 44.2. The van der Waals surface area contributed by atoms with Crippen LogP contribution in [-0.4, -0.2) is 77.3 Å². The van der Waals surface area contributed by atoms with Crippen molar-refractivity contribution in [3.63, 3.8) is 0 Å². The molecular formula is C38H48F3N7O4S2. The number of rotatable bonds is 20. The van der Waals surface area contributed by atoms with Crippen molar-refractivity contribution in [1.29, 1.82) is 0 Å². The van der Waals surface area contributed by atoms with Crippen LogP contribution in [0.5, 0.6) is 0 Å². The predicted molar refractivity (Wildman–Crippen MR) is 204 cm³/mol. The molecule has 0 fully saturated rings. The number of halogens is 3. The number of nitrogens with zero attached hydrogens (tertiary/aromatic N) is 3.